The predicted molar refractivity (Wildman–Crippen MR) is 60.0 cm³/mol. The van der Waals surface area contributed by atoms with E-state index in [-0.39, 0.29) is 12.1 Å². The molecule has 0 radical (unpaired) electrons. The van der Waals surface area contributed by atoms with Gasteiger partial charge in [0, 0.05) is 10.7 Å². The van der Waals surface area contributed by atoms with Crippen LogP contribution in [-0.2, 0) is 6.54 Å². The van der Waals surface area contributed by atoms with Gasteiger partial charge in [0.15, 0.2) is 5.82 Å². The lowest BCUT2D eigenvalue weighted by atomic mass is 10.2. The molecular formula is C10H8ClN3O3. The third-order valence-electron chi connectivity index (χ3n) is 2.06. The summed E-state index contributed by atoms with van der Waals surface area (Å²) in [6.45, 7) is 0.276. The van der Waals surface area contributed by atoms with Gasteiger partial charge in [-0.15, -0.1) is 0 Å². The van der Waals surface area contributed by atoms with Crippen molar-refractivity contribution in [2.24, 2.45) is 0 Å². The topological polar surface area (TPSA) is 88.2 Å². The van der Waals surface area contributed by atoms with E-state index in [4.69, 9.17) is 16.7 Å². The molecule has 1 aromatic heterocycles. The van der Waals surface area contributed by atoms with E-state index in [1.165, 1.54) is 12.5 Å². The highest BCUT2D eigenvalue weighted by molar-refractivity contribution is 6.31. The molecule has 88 valence electrons. The fraction of sp³-hybridized carbons (Fsp3) is 0.100. The molecule has 1 heterocycles. The minimum absolute atomic E-state index is 0.0981. The molecule has 2 N–H and O–H groups in total. The van der Waals surface area contributed by atoms with Crippen molar-refractivity contribution in [3.63, 3.8) is 0 Å². The number of carboxylic acid groups (broad SMARTS) is 1. The van der Waals surface area contributed by atoms with Crippen LogP contribution in [0.3, 0.4) is 0 Å². The molecule has 2 aromatic rings. The third-order valence-corrected chi connectivity index (χ3v) is 2.29. The highest BCUT2D eigenvalue weighted by Gasteiger charge is 2.11. The summed E-state index contributed by atoms with van der Waals surface area (Å²) in [6, 6.07) is 4.57. The van der Waals surface area contributed by atoms with Crippen molar-refractivity contribution in [3.8, 4) is 0 Å². The molecule has 0 spiro atoms. The van der Waals surface area contributed by atoms with Crippen molar-refractivity contribution in [2.75, 3.05) is 5.32 Å². The van der Waals surface area contributed by atoms with Crippen molar-refractivity contribution in [1.29, 1.82) is 0 Å². The van der Waals surface area contributed by atoms with Gasteiger partial charge >= 0.3 is 5.97 Å². The molecule has 0 fully saturated rings. The second-order valence-corrected chi connectivity index (χ2v) is 3.63. The molecule has 0 aliphatic carbocycles. The Morgan fingerprint density at radius 3 is 3.00 bits per heavy atom. The number of hydrogen-bond donors (Lipinski definition) is 2. The van der Waals surface area contributed by atoms with E-state index in [1.807, 2.05) is 0 Å². The number of halogens is 1. The van der Waals surface area contributed by atoms with E-state index in [2.05, 4.69) is 20.0 Å². The number of carbonyl (C=O) groups is 1. The van der Waals surface area contributed by atoms with Gasteiger partial charge in [0.1, 0.15) is 0 Å². The average molecular weight is 254 g/mol. The van der Waals surface area contributed by atoms with Crippen LogP contribution in [0.15, 0.2) is 29.1 Å². The molecule has 0 amide bonds. The first-order valence-electron chi connectivity index (χ1n) is 4.69. The maximum Gasteiger partial charge on any atom is 0.337 e. The smallest absolute Gasteiger partial charge is 0.337 e. The Bertz CT molecular complexity index is 528. The van der Waals surface area contributed by atoms with Crippen LogP contribution in [0.25, 0.3) is 0 Å². The number of rotatable bonds is 4. The minimum atomic E-state index is -1.05. The normalized spacial score (nSPS) is 10.2. The van der Waals surface area contributed by atoms with Gasteiger partial charge in [0.05, 0.1) is 12.1 Å². The molecular weight excluding hydrogens is 246 g/mol. The largest absolute Gasteiger partial charge is 0.478 e. The van der Waals surface area contributed by atoms with Gasteiger partial charge in [0.2, 0.25) is 6.39 Å². The lowest BCUT2D eigenvalue weighted by Gasteiger charge is -2.07. The van der Waals surface area contributed by atoms with E-state index < -0.39 is 5.97 Å². The number of aromatic nitrogens is 2. The van der Waals surface area contributed by atoms with Crippen LogP contribution in [0.1, 0.15) is 16.2 Å². The highest BCUT2D eigenvalue weighted by Crippen LogP contribution is 2.21. The Labute approximate surface area is 101 Å². The van der Waals surface area contributed by atoms with E-state index >= 15 is 0 Å². The average Bonchev–Trinajstić information content (AvgIpc) is 2.80. The molecule has 2 rings (SSSR count). The summed E-state index contributed by atoms with van der Waals surface area (Å²) in [5, 5.41) is 15.9. The van der Waals surface area contributed by atoms with Crippen molar-refractivity contribution in [1.82, 2.24) is 10.1 Å². The van der Waals surface area contributed by atoms with Crippen molar-refractivity contribution >= 4 is 23.3 Å². The zero-order valence-electron chi connectivity index (χ0n) is 8.55. The summed E-state index contributed by atoms with van der Waals surface area (Å²) in [5.41, 5.74) is 0.549. The molecule has 1 aromatic carbocycles. The van der Waals surface area contributed by atoms with Crippen LogP contribution in [0.5, 0.6) is 0 Å². The lowest BCUT2D eigenvalue weighted by molar-refractivity contribution is 0.0698. The Balaban J connectivity index is 2.17. The summed E-state index contributed by atoms with van der Waals surface area (Å²) in [5.74, 6) is -0.612. The van der Waals surface area contributed by atoms with Crippen LogP contribution in [0.4, 0.5) is 5.69 Å². The van der Waals surface area contributed by atoms with Gasteiger partial charge in [-0.1, -0.05) is 16.8 Å². The van der Waals surface area contributed by atoms with Gasteiger partial charge in [-0.3, -0.25) is 0 Å². The molecule has 0 aliphatic heterocycles. The van der Waals surface area contributed by atoms with E-state index in [0.717, 1.165) is 0 Å². The Morgan fingerprint density at radius 2 is 2.35 bits per heavy atom. The van der Waals surface area contributed by atoms with E-state index in [9.17, 15) is 4.79 Å². The number of carboxylic acids is 1. The molecule has 0 atom stereocenters. The number of nitrogens with zero attached hydrogens (tertiary/aromatic N) is 2. The fourth-order valence-electron chi connectivity index (χ4n) is 1.29. The minimum Gasteiger partial charge on any atom is -0.478 e. The highest BCUT2D eigenvalue weighted by atomic mass is 35.5. The molecule has 0 bridgehead atoms. The fourth-order valence-corrected chi connectivity index (χ4v) is 1.46. The van der Waals surface area contributed by atoms with Crippen molar-refractivity contribution in [2.45, 2.75) is 6.54 Å². The monoisotopic (exact) mass is 253 g/mol. The van der Waals surface area contributed by atoms with Crippen LogP contribution in [0.2, 0.25) is 5.02 Å². The van der Waals surface area contributed by atoms with Gasteiger partial charge in [-0.05, 0) is 18.2 Å². The molecule has 0 unspecified atom stereocenters. The lowest BCUT2D eigenvalue weighted by Crippen LogP contribution is -2.07. The summed E-state index contributed by atoms with van der Waals surface area (Å²) < 4.78 is 4.56. The summed E-state index contributed by atoms with van der Waals surface area (Å²) >= 11 is 5.73. The predicted octanol–water partition coefficient (Wildman–Crippen LogP) is 2.03. The second kappa shape index (κ2) is 4.84. The molecule has 0 saturated carbocycles. The molecule has 0 saturated heterocycles. The number of anilines is 1. The van der Waals surface area contributed by atoms with E-state index in [0.29, 0.717) is 16.5 Å². The maximum absolute atomic E-state index is 11.0. The van der Waals surface area contributed by atoms with Gasteiger partial charge in [0.25, 0.3) is 0 Å². The Kier molecular flexibility index (Phi) is 3.24. The third kappa shape index (κ3) is 2.73. The van der Waals surface area contributed by atoms with Gasteiger partial charge < -0.3 is 14.9 Å². The van der Waals surface area contributed by atoms with Crippen LogP contribution in [-0.4, -0.2) is 21.2 Å². The summed E-state index contributed by atoms with van der Waals surface area (Å²) in [6.07, 6.45) is 1.21. The Hall–Kier alpha value is -2.08. The summed E-state index contributed by atoms with van der Waals surface area (Å²) in [7, 11) is 0. The second-order valence-electron chi connectivity index (χ2n) is 3.20. The first-order valence-corrected chi connectivity index (χ1v) is 5.06. The van der Waals surface area contributed by atoms with Crippen molar-refractivity contribution < 1.29 is 14.4 Å². The SMILES string of the molecule is O=C(O)c1cc(Cl)ccc1NCc1ncon1. The van der Waals surface area contributed by atoms with Crippen LogP contribution >= 0.6 is 11.6 Å². The zero-order valence-corrected chi connectivity index (χ0v) is 9.31. The van der Waals surface area contributed by atoms with E-state index in [1.54, 1.807) is 12.1 Å². The van der Waals surface area contributed by atoms with Gasteiger partial charge in [-0.2, -0.15) is 4.98 Å². The maximum atomic E-state index is 11.0. The first kappa shape index (κ1) is 11.4. The number of benzene rings is 1. The number of hydrogen-bond acceptors (Lipinski definition) is 5. The number of aromatic carboxylic acids is 1. The standard InChI is InChI=1S/C10H8ClN3O3/c11-6-1-2-8(7(3-6)10(15)16)12-4-9-13-5-17-14-9/h1-3,5,12H,4H2,(H,15,16). The van der Waals surface area contributed by atoms with Crippen molar-refractivity contribution in [3.05, 3.63) is 41.0 Å². The molecule has 17 heavy (non-hydrogen) atoms. The zero-order chi connectivity index (χ0) is 12.3. The van der Waals surface area contributed by atoms with Crippen LogP contribution < -0.4 is 5.32 Å². The molecule has 0 aliphatic rings. The molecule has 6 nitrogen and oxygen atoms in total. The summed E-state index contributed by atoms with van der Waals surface area (Å²) in [4.78, 5) is 14.8. The molecule has 7 heteroatoms. The van der Waals surface area contributed by atoms with Crippen LogP contribution in [0, 0.1) is 0 Å². The number of nitrogens with one attached hydrogen (secondary N) is 1. The first-order chi connectivity index (χ1) is 8.16. The Morgan fingerprint density at radius 1 is 1.53 bits per heavy atom. The quantitative estimate of drug-likeness (QED) is 0.867. The van der Waals surface area contributed by atoms with Gasteiger partial charge in [-0.25, -0.2) is 4.79 Å².